The van der Waals surface area contributed by atoms with E-state index in [2.05, 4.69) is 27.0 Å². The fraction of sp³-hybridized carbons (Fsp3) is 0.278. The molecule has 0 radical (unpaired) electrons. The lowest BCUT2D eigenvalue weighted by Crippen LogP contribution is -2.37. The highest BCUT2D eigenvalue weighted by Crippen LogP contribution is 2.24. The van der Waals surface area contributed by atoms with Crippen molar-refractivity contribution in [3.63, 3.8) is 0 Å². The normalized spacial score (nSPS) is 14.9. The first-order valence-electron chi connectivity index (χ1n) is 8.09. The molecule has 0 unspecified atom stereocenters. The minimum absolute atomic E-state index is 0.279. The molecule has 6 nitrogen and oxygen atoms in total. The van der Waals surface area contributed by atoms with Gasteiger partial charge in [-0.25, -0.2) is 9.97 Å². The highest BCUT2D eigenvalue weighted by Gasteiger charge is 2.18. The maximum absolute atomic E-state index is 5.89. The van der Waals surface area contributed by atoms with E-state index in [4.69, 9.17) is 15.5 Å². The van der Waals surface area contributed by atoms with Crippen molar-refractivity contribution in [1.82, 2.24) is 15.0 Å². The van der Waals surface area contributed by atoms with Gasteiger partial charge in [0.05, 0.1) is 18.7 Å². The number of ether oxygens (including phenoxy) is 1. The average molecular weight is 321 g/mol. The monoisotopic (exact) mass is 321 g/mol. The van der Waals surface area contributed by atoms with Gasteiger partial charge in [-0.1, -0.05) is 30.3 Å². The lowest BCUT2D eigenvalue weighted by atomic mass is 10.1. The van der Waals surface area contributed by atoms with Gasteiger partial charge >= 0.3 is 0 Å². The van der Waals surface area contributed by atoms with Crippen molar-refractivity contribution in [2.24, 2.45) is 0 Å². The van der Waals surface area contributed by atoms with Crippen molar-refractivity contribution >= 4 is 22.8 Å². The molecule has 6 heteroatoms. The summed E-state index contributed by atoms with van der Waals surface area (Å²) >= 11 is 0. The molecule has 0 atom stereocenters. The second kappa shape index (κ2) is 6.41. The maximum atomic E-state index is 5.89. The number of benzene rings is 1. The molecule has 0 amide bonds. The van der Waals surface area contributed by atoms with E-state index in [-0.39, 0.29) is 5.95 Å². The van der Waals surface area contributed by atoms with Crippen LogP contribution < -0.4 is 10.6 Å². The zero-order chi connectivity index (χ0) is 16.4. The SMILES string of the molecule is Nc1nc(N2CCOCC2)c2nc(Cc3ccccc3)ccc2n1. The fourth-order valence-corrected chi connectivity index (χ4v) is 2.96. The number of morpholine rings is 1. The van der Waals surface area contributed by atoms with Gasteiger partial charge in [0.15, 0.2) is 5.82 Å². The molecule has 1 fully saturated rings. The van der Waals surface area contributed by atoms with Gasteiger partial charge in [0.1, 0.15) is 5.52 Å². The Balaban J connectivity index is 1.75. The highest BCUT2D eigenvalue weighted by atomic mass is 16.5. The van der Waals surface area contributed by atoms with Crippen molar-refractivity contribution in [2.75, 3.05) is 36.9 Å². The number of hydrogen-bond acceptors (Lipinski definition) is 6. The number of nitrogens with two attached hydrogens (primary N) is 1. The summed E-state index contributed by atoms with van der Waals surface area (Å²) in [7, 11) is 0. The Labute approximate surface area is 140 Å². The highest BCUT2D eigenvalue weighted by molar-refractivity contribution is 5.86. The lowest BCUT2D eigenvalue weighted by molar-refractivity contribution is 0.122. The van der Waals surface area contributed by atoms with Gasteiger partial charge in [-0.15, -0.1) is 0 Å². The van der Waals surface area contributed by atoms with Crippen LogP contribution in [-0.4, -0.2) is 41.3 Å². The summed E-state index contributed by atoms with van der Waals surface area (Å²) in [6, 6.07) is 14.3. The van der Waals surface area contributed by atoms with Crippen LogP contribution in [0.1, 0.15) is 11.3 Å². The quantitative estimate of drug-likeness (QED) is 0.795. The Kier molecular flexibility index (Phi) is 3.96. The maximum Gasteiger partial charge on any atom is 0.222 e. The van der Waals surface area contributed by atoms with Crippen molar-refractivity contribution < 1.29 is 4.74 Å². The smallest absolute Gasteiger partial charge is 0.222 e. The van der Waals surface area contributed by atoms with Gasteiger partial charge in [0.25, 0.3) is 0 Å². The minimum Gasteiger partial charge on any atom is -0.378 e. The number of fused-ring (bicyclic) bond motifs is 1. The first-order chi connectivity index (χ1) is 11.8. The molecule has 122 valence electrons. The molecule has 0 spiro atoms. The van der Waals surface area contributed by atoms with E-state index >= 15 is 0 Å². The molecule has 2 N–H and O–H groups in total. The second-order valence-electron chi connectivity index (χ2n) is 5.84. The topological polar surface area (TPSA) is 77.2 Å². The van der Waals surface area contributed by atoms with Crippen molar-refractivity contribution in [2.45, 2.75) is 6.42 Å². The van der Waals surface area contributed by atoms with Gasteiger partial charge in [-0.3, -0.25) is 0 Å². The molecule has 3 heterocycles. The average Bonchev–Trinajstić information content (AvgIpc) is 2.63. The van der Waals surface area contributed by atoms with E-state index in [0.717, 1.165) is 42.1 Å². The Bertz CT molecular complexity index is 847. The lowest BCUT2D eigenvalue weighted by Gasteiger charge is -2.28. The van der Waals surface area contributed by atoms with E-state index in [1.807, 2.05) is 30.3 Å². The summed E-state index contributed by atoms with van der Waals surface area (Å²) in [5.74, 6) is 1.08. The fourth-order valence-electron chi connectivity index (χ4n) is 2.96. The van der Waals surface area contributed by atoms with Gasteiger partial charge in [-0.2, -0.15) is 4.98 Å². The predicted molar refractivity (Wildman–Crippen MR) is 94.0 cm³/mol. The summed E-state index contributed by atoms with van der Waals surface area (Å²) < 4.78 is 5.43. The number of hydrogen-bond donors (Lipinski definition) is 1. The molecule has 24 heavy (non-hydrogen) atoms. The molecule has 1 aromatic carbocycles. The molecule has 1 aliphatic heterocycles. The van der Waals surface area contributed by atoms with E-state index < -0.39 is 0 Å². The predicted octanol–water partition coefficient (Wildman–Crippen LogP) is 2.03. The van der Waals surface area contributed by atoms with Gasteiger partial charge in [-0.05, 0) is 17.7 Å². The molecule has 0 aliphatic carbocycles. The van der Waals surface area contributed by atoms with Crippen molar-refractivity contribution in [1.29, 1.82) is 0 Å². The van der Waals surface area contributed by atoms with E-state index in [0.29, 0.717) is 13.2 Å². The van der Waals surface area contributed by atoms with Crippen LogP contribution in [0.15, 0.2) is 42.5 Å². The zero-order valence-corrected chi connectivity index (χ0v) is 13.4. The largest absolute Gasteiger partial charge is 0.378 e. The van der Waals surface area contributed by atoms with E-state index in [1.165, 1.54) is 5.56 Å². The second-order valence-corrected chi connectivity index (χ2v) is 5.84. The van der Waals surface area contributed by atoms with Crippen LogP contribution in [0.4, 0.5) is 11.8 Å². The third-order valence-electron chi connectivity index (χ3n) is 4.14. The molecule has 4 rings (SSSR count). The molecule has 0 saturated carbocycles. The van der Waals surface area contributed by atoms with Crippen LogP contribution in [0.25, 0.3) is 11.0 Å². The van der Waals surface area contributed by atoms with Crippen LogP contribution >= 0.6 is 0 Å². The molecule has 1 aliphatic rings. The van der Waals surface area contributed by atoms with Crippen LogP contribution in [-0.2, 0) is 11.2 Å². The molecule has 0 bridgehead atoms. The molecule has 3 aromatic rings. The van der Waals surface area contributed by atoms with E-state index in [1.54, 1.807) is 0 Å². The number of anilines is 2. The van der Waals surface area contributed by atoms with Gasteiger partial charge in [0.2, 0.25) is 5.95 Å². The number of rotatable bonds is 3. The van der Waals surface area contributed by atoms with Crippen LogP contribution in [0.5, 0.6) is 0 Å². The Morgan fingerprint density at radius 2 is 1.75 bits per heavy atom. The summed E-state index contributed by atoms with van der Waals surface area (Å²) in [6.45, 7) is 2.95. The Morgan fingerprint density at radius 3 is 2.54 bits per heavy atom. The number of nitrogens with zero attached hydrogens (tertiary/aromatic N) is 4. The number of aromatic nitrogens is 3. The number of pyridine rings is 1. The molecular formula is C18H19N5O. The van der Waals surface area contributed by atoms with Gasteiger partial charge < -0.3 is 15.4 Å². The minimum atomic E-state index is 0.279. The Hall–Kier alpha value is -2.73. The van der Waals surface area contributed by atoms with Crippen LogP contribution in [0, 0.1) is 0 Å². The van der Waals surface area contributed by atoms with Crippen molar-refractivity contribution in [3.05, 3.63) is 53.7 Å². The standard InChI is InChI=1S/C18H19N5O/c19-18-21-15-7-6-14(12-13-4-2-1-3-5-13)20-16(15)17(22-18)23-8-10-24-11-9-23/h1-7H,8-12H2,(H2,19,21,22). The van der Waals surface area contributed by atoms with Crippen molar-refractivity contribution in [3.8, 4) is 0 Å². The van der Waals surface area contributed by atoms with Crippen LogP contribution in [0.3, 0.4) is 0 Å². The third kappa shape index (κ3) is 3.00. The molecule has 2 aromatic heterocycles. The number of nitrogen functional groups attached to an aromatic ring is 1. The molecule has 1 saturated heterocycles. The first-order valence-corrected chi connectivity index (χ1v) is 8.09. The summed E-state index contributed by atoms with van der Waals surface area (Å²) in [4.78, 5) is 15.8. The first kappa shape index (κ1) is 14.8. The van der Waals surface area contributed by atoms with E-state index in [9.17, 15) is 0 Å². The van der Waals surface area contributed by atoms with Crippen LogP contribution in [0.2, 0.25) is 0 Å². The summed E-state index contributed by atoms with van der Waals surface area (Å²) in [5.41, 5.74) is 9.70. The zero-order valence-electron chi connectivity index (χ0n) is 13.4. The summed E-state index contributed by atoms with van der Waals surface area (Å²) in [6.07, 6.45) is 0.781. The molecular weight excluding hydrogens is 302 g/mol. The summed E-state index contributed by atoms with van der Waals surface area (Å²) in [5, 5.41) is 0. The third-order valence-corrected chi connectivity index (χ3v) is 4.14. The Morgan fingerprint density at radius 1 is 0.958 bits per heavy atom. The van der Waals surface area contributed by atoms with Gasteiger partial charge in [0, 0.05) is 25.2 Å².